The number of anilines is 1. The number of carbonyl (C=O) groups is 1. The Morgan fingerprint density at radius 1 is 1.50 bits per heavy atom. The summed E-state index contributed by atoms with van der Waals surface area (Å²) in [6.07, 6.45) is 0. The van der Waals surface area contributed by atoms with Crippen LogP contribution in [0.2, 0.25) is 0 Å². The Kier molecular flexibility index (Phi) is 6.35. The zero-order valence-electron chi connectivity index (χ0n) is 11.7. The van der Waals surface area contributed by atoms with Crippen LogP contribution in [-0.2, 0) is 4.79 Å². The summed E-state index contributed by atoms with van der Waals surface area (Å²) in [6, 6.07) is 4.85. The second-order valence-corrected chi connectivity index (χ2v) is 6.13. The maximum absolute atomic E-state index is 11.7. The summed E-state index contributed by atoms with van der Waals surface area (Å²) in [5.41, 5.74) is 0.235. The molecule has 0 atom stereocenters. The van der Waals surface area contributed by atoms with Gasteiger partial charge in [-0.3, -0.25) is 14.9 Å². The minimum absolute atomic E-state index is 0.0109. The lowest BCUT2D eigenvalue weighted by atomic mass is 10.2. The molecule has 1 aromatic rings. The molecular weight excluding hydrogens is 296 g/mol. The van der Waals surface area contributed by atoms with Crippen LogP contribution in [0.5, 0.6) is 0 Å². The predicted octanol–water partition coefficient (Wildman–Crippen LogP) is 3.24. The number of nitrogens with zero attached hydrogens (tertiary/aromatic N) is 2. The summed E-state index contributed by atoms with van der Waals surface area (Å²) in [7, 11) is 1.53. The minimum Gasteiger partial charge on any atom is -0.309 e. The summed E-state index contributed by atoms with van der Waals surface area (Å²) in [6.45, 7) is 4.21. The van der Waals surface area contributed by atoms with E-state index in [1.165, 1.54) is 18.0 Å². The lowest BCUT2D eigenvalue weighted by Crippen LogP contribution is -2.27. The number of thioether (sulfide) groups is 1. The van der Waals surface area contributed by atoms with Gasteiger partial charge in [-0.25, -0.2) is 0 Å². The van der Waals surface area contributed by atoms with Gasteiger partial charge < -0.3 is 4.90 Å². The van der Waals surface area contributed by atoms with E-state index in [1.54, 1.807) is 23.9 Å². The predicted molar refractivity (Wildman–Crippen MR) is 85.9 cm³/mol. The van der Waals surface area contributed by atoms with Crippen LogP contribution in [-0.4, -0.2) is 29.4 Å². The van der Waals surface area contributed by atoms with E-state index in [-0.39, 0.29) is 17.3 Å². The molecule has 1 amide bonds. The third-order valence-electron chi connectivity index (χ3n) is 2.60. The van der Waals surface area contributed by atoms with Crippen LogP contribution in [0, 0.1) is 16.0 Å². The zero-order valence-corrected chi connectivity index (χ0v) is 13.4. The summed E-state index contributed by atoms with van der Waals surface area (Å²) in [5, 5.41) is 11.1. The molecule has 0 saturated heterocycles. The molecule has 0 N–H and O–H groups in total. The zero-order chi connectivity index (χ0) is 15.3. The van der Waals surface area contributed by atoms with Gasteiger partial charge in [-0.15, -0.1) is 11.8 Å². The van der Waals surface area contributed by atoms with E-state index in [0.29, 0.717) is 11.6 Å². The molecule has 0 heterocycles. The maximum atomic E-state index is 11.7. The lowest BCUT2D eigenvalue weighted by Gasteiger charge is -2.17. The molecule has 0 aliphatic heterocycles. The van der Waals surface area contributed by atoms with Gasteiger partial charge in [-0.2, -0.15) is 12.6 Å². The number of benzene rings is 1. The number of carbonyl (C=O) groups excluding carboxylic acids is 1. The molecule has 7 heteroatoms. The third-order valence-corrected chi connectivity index (χ3v) is 4.29. The van der Waals surface area contributed by atoms with Crippen LogP contribution in [0.1, 0.15) is 13.8 Å². The van der Waals surface area contributed by atoms with Crippen molar-refractivity contribution >= 4 is 41.7 Å². The molecule has 0 spiro atoms. The third kappa shape index (κ3) is 4.42. The van der Waals surface area contributed by atoms with Crippen LogP contribution in [0.15, 0.2) is 23.1 Å². The van der Waals surface area contributed by atoms with Gasteiger partial charge in [0.05, 0.1) is 10.7 Å². The fourth-order valence-electron chi connectivity index (χ4n) is 1.52. The van der Waals surface area contributed by atoms with E-state index < -0.39 is 4.92 Å². The highest BCUT2D eigenvalue weighted by molar-refractivity contribution is 7.99. The van der Waals surface area contributed by atoms with Gasteiger partial charge in [-0.1, -0.05) is 13.8 Å². The van der Waals surface area contributed by atoms with E-state index in [2.05, 4.69) is 26.5 Å². The van der Waals surface area contributed by atoms with Gasteiger partial charge in [0, 0.05) is 23.8 Å². The van der Waals surface area contributed by atoms with Gasteiger partial charge in [0.2, 0.25) is 5.91 Å². The smallest absolute Gasteiger partial charge is 0.293 e. The quantitative estimate of drug-likeness (QED) is 0.379. The highest BCUT2D eigenvalue weighted by atomic mass is 32.2. The number of hydrogen-bond donors (Lipinski definition) is 1. The summed E-state index contributed by atoms with van der Waals surface area (Å²) in [4.78, 5) is 24.5. The van der Waals surface area contributed by atoms with E-state index in [0.717, 1.165) is 10.6 Å². The number of amides is 1. The van der Waals surface area contributed by atoms with Gasteiger partial charge in [-0.05, 0) is 18.1 Å². The Morgan fingerprint density at radius 3 is 2.65 bits per heavy atom. The number of rotatable bonds is 6. The second-order valence-electron chi connectivity index (χ2n) is 4.72. The number of nitro groups is 1. The first-order valence-electron chi connectivity index (χ1n) is 6.15. The second kappa shape index (κ2) is 7.54. The molecule has 1 rings (SSSR count). The summed E-state index contributed by atoms with van der Waals surface area (Å²) in [5.74, 6) is 1.18. The molecule has 1 aromatic carbocycles. The first kappa shape index (κ1) is 16.8. The van der Waals surface area contributed by atoms with Crippen LogP contribution in [0.3, 0.4) is 0 Å². The number of hydrogen-bond acceptors (Lipinski definition) is 5. The molecular formula is C13H18N2O3S2. The highest BCUT2D eigenvalue weighted by Gasteiger charge is 2.21. The Morgan fingerprint density at radius 2 is 2.15 bits per heavy atom. The average Bonchev–Trinajstić information content (AvgIpc) is 2.42. The molecule has 0 aliphatic carbocycles. The molecule has 0 unspecified atom stereocenters. The Bertz CT molecular complexity index is 506. The standard InChI is InChI=1S/C13H18N2O3S2/c1-9(2)8-20-10-4-5-11(15(17)18)12(6-10)14(3)13(16)7-19/h4-6,9,19H,7-8H2,1-3H3. The van der Waals surface area contributed by atoms with Crippen molar-refractivity contribution in [1.82, 2.24) is 0 Å². The normalized spacial score (nSPS) is 10.7. The number of thiol groups is 1. The Hall–Kier alpha value is -1.21. The summed E-state index contributed by atoms with van der Waals surface area (Å²) >= 11 is 5.54. The van der Waals surface area contributed by atoms with Crippen LogP contribution in [0.25, 0.3) is 0 Å². The van der Waals surface area contributed by atoms with Gasteiger partial charge in [0.25, 0.3) is 5.69 Å². The first-order valence-corrected chi connectivity index (χ1v) is 7.77. The molecule has 110 valence electrons. The monoisotopic (exact) mass is 314 g/mol. The SMILES string of the molecule is CC(C)CSc1ccc([N+](=O)[O-])c(N(C)C(=O)CS)c1. The first-order chi connectivity index (χ1) is 9.36. The van der Waals surface area contributed by atoms with Crippen molar-refractivity contribution in [3.8, 4) is 0 Å². The minimum atomic E-state index is -0.478. The van der Waals surface area contributed by atoms with Gasteiger partial charge in [0.15, 0.2) is 0 Å². The van der Waals surface area contributed by atoms with E-state index in [1.807, 2.05) is 0 Å². The van der Waals surface area contributed by atoms with E-state index in [4.69, 9.17) is 0 Å². The molecule has 0 radical (unpaired) electrons. The Labute approximate surface area is 128 Å². The van der Waals surface area contributed by atoms with Crippen molar-refractivity contribution in [2.75, 3.05) is 23.5 Å². The maximum Gasteiger partial charge on any atom is 0.293 e. The number of nitro benzene ring substituents is 1. The van der Waals surface area contributed by atoms with E-state index in [9.17, 15) is 14.9 Å². The van der Waals surface area contributed by atoms with Crippen molar-refractivity contribution in [3.63, 3.8) is 0 Å². The topological polar surface area (TPSA) is 63.5 Å². The van der Waals surface area contributed by atoms with Crippen molar-refractivity contribution in [1.29, 1.82) is 0 Å². The highest BCUT2D eigenvalue weighted by Crippen LogP contribution is 2.33. The van der Waals surface area contributed by atoms with Crippen molar-refractivity contribution in [2.24, 2.45) is 5.92 Å². The van der Waals surface area contributed by atoms with Crippen molar-refractivity contribution < 1.29 is 9.72 Å². The van der Waals surface area contributed by atoms with Crippen LogP contribution >= 0.6 is 24.4 Å². The van der Waals surface area contributed by atoms with Crippen molar-refractivity contribution in [3.05, 3.63) is 28.3 Å². The van der Waals surface area contributed by atoms with Crippen molar-refractivity contribution in [2.45, 2.75) is 18.7 Å². The summed E-state index contributed by atoms with van der Waals surface area (Å²) < 4.78 is 0. The fraction of sp³-hybridized carbons (Fsp3) is 0.462. The largest absolute Gasteiger partial charge is 0.309 e. The lowest BCUT2D eigenvalue weighted by molar-refractivity contribution is -0.384. The van der Waals surface area contributed by atoms with Crippen LogP contribution < -0.4 is 4.90 Å². The molecule has 20 heavy (non-hydrogen) atoms. The molecule has 0 bridgehead atoms. The molecule has 0 saturated carbocycles. The molecule has 5 nitrogen and oxygen atoms in total. The Balaban J connectivity index is 3.12. The average molecular weight is 314 g/mol. The molecule has 0 fully saturated rings. The molecule has 0 aromatic heterocycles. The van der Waals surface area contributed by atoms with Crippen LogP contribution in [0.4, 0.5) is 11.4 Å². The fourth-order valence-corrected chi connectivity index (χ4v) is 2.62. The molecule has 0 aliphatic rings. The van der Waals surface area contributed by atoms with Gasteiger partial charge >= 0.3 is 0 Å². The van der Waals surface area contributed by atoms with Gasteiger partial charge in [0.1, 0.15) is 5.69 Å². The van der Waals surface area contributed by atoms with E-state index >= 15 is 0 Å².